The van der Waals surface area contributed by atoms with E-state index < -0.39 is 8.32 Å². The van der Waals surface area contributed by atoms with Crippen molar-refractivity contribution in [3.05, 3.63) is 120 Å². The van der Waals surface area contributed by atoms with E-state index in [-0.39, 0.29) is 17.5 Å². The second-order valence-electron chi connectivity index (χ2n) is 11.1. The molecule has 39 heavy (non-hydrogen) atoms. The van der Waals surface area contributed by atoms with Gasteiger partial charge in [0.2, 0.25) is 0 Å². The molecule has 0 saturated carbocycles. The summed E-state index contributed by atoms with van der Waals surface area (Å²) < 4.78 is 23.6. The summed E-state index contributed by atoms with van der Waals surface area (Å²) in [6.45, 7) is 6.68. The Kier molecular flexibility index (Phi) is 7.43. The van der Waals surface area contributed by atoms with E-state index >= 15 is 0 Å². The molecule has 0 aliphatic carbocycles. The molecule has 0 aliphatic heterocycles. The number of hydrogen-bond donors (Lipinski definition) is 1. The molecule has 0 atom stereocenters. The summed E-state index contributed by atoms with van der Waals surface area (Å²) in [5.74, 6) is 0.508. The normalized spacial score (nSPS) is 12.2. The molecule has 5 aromatic rings. The van der Waals surface area contributed by atoms with E-state index in [9.17, 15) is 9.50 Å². The predicted molar refractivity (Wildman–Crippen MR) is 159 cm³/mol. The van der Waals surface area contributed by atoms with Crippen molar-refractivity contribution in [3.63, 3.8) is 0 Å². The van der Waals surface area contributed by atoms with E-state index in [0.29, 0.717) is 5.69 Å². The third kappa shape index (κ3) is 5.27. The number of aliphatic hydroxyl groups excluding tert-OH is 1. The SMILES string of the molecule is Cn1nc(CO)cc1CCc1cc(O[Si](c2ccccc2)(c2ccccc2)C(C)(C)C)c2ccc(F)cc2c1. The van der Waals surface area contributed by atoms with E-state index in [2.05, 4.69) is 86.5 Å². The maximum absolute atomic E-state index is 14.4. The summed E-state index contributed by atoms with van der Waals surface area (Å²) in [6.07, 6.45) is 1.47. The highest BCUT2D eigenvalue weighted by molar-refractivity contribution is 7.00. The summed E-state index contributed by atoms with van der Waals surface area (Å²) in [5, 5.41) is 17.7. The van der Waals surface area contributed by atoms with Gasteiger partial charge in [-0.25, -0.2) is 4.39 Å². The number of aliphatic hydroxyl groups is 1. The van der Waals surface area contributed by atoms with Crippen LogP contribution >= 0.6 is 0 Å². The van der Waals surface area contributed by atoms with Crippen LogP contribution in [0.25, 0.3) is 10.8 Å². The molecule has 6 heteroatoms. The average Bonchev–Trinajstić information content (AvgIpc) is 3.30. The van der Waals surface area contributed by atoms with Crippen molar-refractivity contribution in [2.75, 3.05) is 0 Å². The fourth-order valence-corrected chi connectivity index (χ4v) is 9.99. The number of halogens is 1. The smallest absolute Gasteiger partial charge is 0.319 e. The highest BCUT2D eigenvalue weighted by Crippen LogP contribution is 2.40. The lowest BCUT2D eigenvalue weighted by Crippen LogP contribution is -2.68. The predicted octanol–water partition coefficient (Wildman–Crippen LogP) is 5.93. The van der Waals surface area contributed by atoms with Gasteiger partial charge < -0.3 is 9.53 Å². The first kappa shape index (κ1) is 26.8. The maximum Gasteiger partial charge on any atom is 0.319 e. The Bertz CT molecular complexity index is 1540. The fourth-order valence-electron chi connectivity index (χ4n) is 5.56. The molecular weight excluding hydrogens is 503 g/mol. The lowest BCUT2D eigenvalue weighted by Gasteiger charge is -2.43. The summed E-state index contributed by atoms with van der Waals surface area (Å²) in [7, 11) is -0.986. The molecule has 4 aromatic carbocycles. The number of benzene rings is 4. The van der Waals surface area contributed by atoms with Crippen LogP contribution in [0.3, 0.4) is 0 Å². The van der Waals surface area contributed by atoms with Gasteiger partial charge in [0.25, 0.3) is 0 Å². The molecule has 0 aliphatic rings. The minimum absolute atomic E-state index is 0.0838. The van der Waals surface area contributed by atoms with Crippen LogP contribution in [0.5, 0.6) is 5.75 Å². The number of aryl methyl sites for hydroxylation is 3. The van der Waals surface area contributed by atoms with E-state index in [4.69, 9.17) is 4.43 Å². The van der Waals surface area contributed by atoms with Crippen LogP contribution in [-0.4, -0.2) is 23.2 Å². The van der Waals surface area contributed by atoms with Crippen LogP contribution in [0.2, 0.25) is 5.04 Å². The second kappa shape index (κ2) is 10.8. The van der Waals surface area contributed by atoms with Crippen LogP contribution in [0, 0.1) is 5.82 Å². The van der Waals surface area contributed by atoms with Gasteiger partial charge in [0.15, 0.2) is 0 Å². The lowest BCUT2D eigenvalue weighted by atomic mass is 10.0. The second-order valence-corrected chi connectivity index (χ2v) is 15.4. The first-order chi connectivity index (χ1) is 18.7. The third-order valence-corrected chi connectivity index (χ3v) is 12.4. The molecule has 0 unspecified atom stereocenters. The molecule has 1 N–H and O–H groups in total. The van der Waals surface area contributed by atoms with E-state index in [0.717, 1.165) is 40.6 Å². The Hall–Kier alpha value is -3.74. The molecular formula is C33H35FN2O2Si. The number of fused-ring (bicyclic) bond motifs is 1. The quantitative estimate of drug-likeness (QED) is 0.249. The molecule has 0 radical (unpaired) electrons. The maximum atomic E-state index is 14.4. The first-order valence-corrected chi connectivity index (χ1v) is 15.3. The van der Waals surface area contributed by atoms with Crippen LogP contribution in [-0.2, 0) is 26.5 Å². The van der Waals surface area contributed by atoms with Crippen LogP contribution < -0.4 is 14.8 Å². The van der Waals surface area contributed by atoms with Crippen molar-refractivity contribution in [2.45, 2.75) is 45.3 Å². The largest absolute Gasteiger partial charge is 0.534 e. The molecule has 0 fully saturated rings. The molecule has 1 aromatic heterocycles. The van der Waals surface area contributed by atoms with E-state index in [1.165, 1.54) is 16.4 Å². The Morgan fingerprint density at radius 2 is 1.49 bits per heavy atom. The molecule has 1 heterocycles. The van der Waals surface area contributed by atoms with E-state index in [1.54, 1.807) is 6.07 Å². The molecule has 0 spiro atoms. The monoisotopic (exact) mass is 538 g/mol. The van der Waals surface area contributed by atoms with Crippen LogP contribution in [0.4, 0.5) is 4.39 Å². The van der Waals surface area contributed by atoms with Gasteiger partial charge in [0.1, 0.15) is 11.6 Å². The van der Waals surface area contributed by atoms with Gasteiger partial charge in [-0.3, -0.25) is 4.68 Å². The third-order valence-electron chi connectivity index (χ3n) is 7.48. The number of nitrogens with zero attached hydrogens (tertiary/aromatic N) is 2. The molecule has 5 rings (SSSR count). The van der Waals surface area contributed by atoms with Crippen molar-refractivity contribution >= 4 is 29.5 Å². The number of rotatable bonds is 8. The van der Waals surface area contributed by atoms with Gasteiger partial charge in [-0.1, -0.05) is 87.5 Å². The number of aromatic nitrogens is 2. The van der Waals surface area contributed by atoms with E-state index in [1.807, 2.05) is 36.0 Å². The van der Waals surface area contributed by atoms with Crippen molar-refractivity contribution in [2.24, 2.45) is 7.05 Å². The zero-order chi connectivity index (χ0) is 27.6. The summed E-state index contributed by atoms with van der Waals surface area (Å²) in [4.78, 5) is 0. The summed E-state index contributed by atoms with van der Waals surface area (Å²) in [6, 6.07) is 32.1. The molecule has 0 saturated heterocycles. The van der Waals surface area contributed by atoms with Crippen LogP contribution in [0.15, 0.2) is 97.1 Å². The Balaban J connectivity index is 1.66. The van der Waals surface area contributed by atoms with Crippen LogP contribution in [0.1, 0.15) is 37.7 Å². The Morgan fingerprint density at radius 1 is 0.846 bits per heavy atom. The van der Waals surface area contributed by atoms with Gasteiger partial charge in [-0.15, -0.1) is 0 Å². The van der Waals surface area contributed by atoms with Gasteiger partial charge in [-0.2, -0.15) is 5.10 Å². The van der Waals surface area contributed by atoms with Crippen molar-refractivity contribution in [3.8, 4) is 5.75 Å². The summed E-state index contributed by atoms with van der Waals surface area (Å²) >= 11 is 0. The van der Waals surface area contributed by atoms with Crippen molar-refractivity contribution < 1.29 is 13.9 Å². The fraction of sp³-hybridized carbons (Fsp3) is 0.242. The topological polar surface area (TPSA) is 47.3 Å². The average molecular weight is 539 g/mol. The molecule has 0 bridgehead atoms. The highest BCUT2D eigenvalue weighted by atomic mass is 28.4. The zero-order valence-electron chi connectivity index (χ0n) is 23.0. The zero-order valence-corrected chi connectivity index (χ0v) is 24.0. The highest BCUT2D eigenvalue weighted by Gasteiger charge is 2.52. The molecule has 4 nitrogen and oxygen atoms in total. The first-order valence-electron chi connectivity index (χ1n) is 13.4. The van der Waals surface area contributed by atoms with Gasteiger partial charge in [0.05, 0.1) is 12.3 Å². The minimum Gasteiger partial charge on any atom is -0.534 e. The standard InChI is InChI=1S/C33H35FN2O2Si/c1-33(2,3)39(29-11-7-5-8-12-29,30-13-9-6-10-14-30)38-32-20-24(19-25-21-26(34)16-18-31(25)32)15-17-28-22-27(23-37)35-36(28)4/h5-14,16,18-22,37H,15,17,23H2,1-4H3. The number of hydrogen-bond acceptors (Lipinski definition) is 3. The molecule has 200 valence electrons. The molecule has 0 amide bonds. The lowest BCUT2D eigenvalue weighted by molar-refractivity contribution is 0.275. The van der Waals surface area contributed by atoms with Gasteiger partial charge >= 0.3 is 8.32 Å². The Labute approximate surface area is 230 Å². The van der Waals surface area contributed by atoms with Crippen molar-refractivity contribution in [1.29, 1.82) is 0 Å². The summed E-state index contributed by atoms with van der Waals surface area (Å²) in [5.41, 5.74) is 2.75. The van der Waals surface area contributed by atoms with Gasteiger partial charge in [0, 0.05) is 18.1 Å². The minimum atomic E-state index is -2.88. The van der Waals surface area contributed by atoms with Crippen molar-refractivity contribution in [1.82, 2.24) is 9.78 Å². The Morgan fingerprint density at radius 3 is 2.05 bits per heavy atom. The van der Waals surface area contributed by atoms with Gasteiger partial charge in [-0.05, 0) is 69.5 Å².